The molecule has 0 fully saturated rings. The summed E-state index contributed by atoms with van der Waals surface area (Å²) in [6.07, 6.45) is 17.5. The number of fused-ring (bicyclic) bond motifs is 10. The molecule has 12 rings (SSSR count). The number of aromatic amines is 2. The zero-order valence-electron chi connectivity index (χ0n) is 65.3. The second-order valence-corrected chi connectivity index (χ2v) is 32.1. The van der Waals surface area contributed by atoms with Crippen molar-refractivity contribution >= 4 is 115 Å². The van der Waals surface area contributed by atoms with E-state index in [-0.39, 0.29) is 84.5 Å². The number of rotatable bonds is 29. The van der Waals surface area contributed by atoms with Gasteiger partial charge in [-0.2, -0.15) is 0 Å². The first-order valence-corrected chi connectivity index (χ1v) is 41.2. The van der Waals surface area contributed by atoms with Crippen LogP contribution >= 0.6 is 21.6 Å². The fraction of sp³-hybridized carbons (Fsp3) is 0.512. The van der Waals surface area contributed by atoms with Gasteiger partial charge in [0, 0.05) is 152 Å². The van der Waals surface area contributed by atoms with Crippen LogP contribution in [-0.4, -0.2) is 141 Å². The van der Waals surface area contributed by atoms with Gasteiger partial charge in [-0.15, -0.1) is 10.1 Å². The molecule has 0 unspecified atom stereocenters. The Labute approximate surface area is 640 Å². The third kappa shape index (κ3) is 15.4. The van der Waals surface area contributed by atoms with Crippen LogP contribution in [0.25, 0.3) is 23.3 Å². The largest absolute Gasteiger partial charge is 0.355 e. The molecule has 0 saturated heterocycles. The zero-order valence-corrected chi connectivity index (χ0v) is 66.9. The first kappa shape index (κ1) is 78.9. The van der Waals surface area contributed by atoms with Gasteiger partial charge in [0.2, 0.25) is 11.8 Å². The van der Waals surface area contributed by atoms with Crippen molar-refractivity contribution in [2.75, 3.05) is 51.0 Å². The standard InChI is InChI=1S/C82H104N14O10S2/c1-17-29-103-93-49(15)69-45(11)59-35-57-43(9)53(75(89-57)73-77-71(79(99)95(81(73)101)105-31-19-3)47(13)61(91-77)37-63-51(21-5)41(7)55(85-63)39-65(69)87-59)23-25-67(97)83-27-33-107-108-34-28-84-68(98)26-24-54-44(10)58-36-60-46(12)70(50(16)94-104-30-18-2)66(88-60)40-56-42(8)52(22-6)64(86-56)38-62-48(14)72-78(92-62)74(76(54)90-58)82(102)96(80(72)100)106-32-20-4/h35-44,51-54,91-94H,17-34H2,1-16H3,(H,83,97)(H,84,98)/b55-39?,56-40?,57-35?,58-36?,61-37?,62-38?,69-49+,70-50+/t41-,42+,43+,44-,51-,52+,53+,54-. The molecule has 0 aliphatic carbocycles. The van der Waals surface area contributed by atoms with Crippen LogP contribution in [0.2, 0.25) is 0 Å². The Balaban J connectivity index is 0.734. The Hall–Kier alpha value is -8.66. The van der Waals surface area contributed by atoms with Gasteiger partial charge in [0.1, 0.15) is 0 Å². The summed E-state index contributed by atoms with van der Waals surface area (Å²) in [5.74, 6) is -2.69. The summed E-state index contributed by atoms with van der Waals surface area (Å²) < 4.78 is 0. The predicted octanol–water partition coefficient (Wildman–Crippen LogP) is 10.4. The van der Waals surface area contributed by atoms with E-state index in [2.05, 4.69) is 99.1 Å². The summed E-state index contributed by atoms with van der Waals surface area (Å²) in [7, 11) is 3.18. The third-order valence-electron chi connectivity index (χ3n) is 22.2. The topological polar surface area (TPSA) is 300 Å². The molecule has 26 heteroatoms. The summed E-state index contributed by atoms with van der Waals surface area (Å²) >= 11 is 0. The van der Waals surface area contributed by atoms with E-state index in [0.717, 1.165) is 104 Å². The van der Waals surface area contributed by atoms with Gasteiger partial charge in [-0.05, 0) is 152 Å². The van der Waals surface area contributed by atoms with E-state index in [1.807, 2.05) is 79.7 Å². The van der Waals surface area contributed by atoms with Crippen molar-refractivity contribution in [1.29, 1.82) is 0 Å². The minimum atomic E-state index is -0.624. The van der Waals surface area contributed by atoms with Crippen LogP contribution in [0.15, 0.2) is 122 Å². The minimum absolute atomic E-state index is 0.0529. The first-order valence-electron chi connectivity index (χ1n) is 38.7. The average molecular weight is 1510 g/mol. The molecule has 8 atom stereocenters. The van der Waals surface area contributed by atoms with Crippen LogP contribution in [0.4, 0.5) is 0 Å². The van der Waals surface area contributed by atoms with Crippen molar-refractivity contribution < 1.29 is 48.1 Å². The number of carbonyl (C=O) groups excluding carboxylic acids is 6. The van der Waals surface area contributed by atoms with Gasteiger partial charge in [0.05, 0.1) is 93.6 Å². The molecule has 0 aromatic carbocycles. The van der Waals surface area contributed by atoms with Gasteiger partial charge in [0.15, 0.2) is 0 Å². The quantitative estimate of drug-likeness (QED) is 0.0191. The second kappa shape index (κ2) is 34.1. The Kier molecular flexibility index (Phi) is 24.9. The molecule has 0 radical (unpaired) electrons. The SMILES string of the molecule is CCCON/C(C)=C1/C2=NC(=C1C)C=C1N=C(C3=c4[nH]c(c(C)c4C(=O)N(OCCC)C3=O)=CC3=NC(=C2)[C@H](C)[C@H]3CC)[C@@H](CCC(=O)NCCSSCCNC(=O)CC[C@H]2C3=NC(=CC4=C(C)/C(=C(/C)NOCCC)C(=N4)C=C4N=C(C=c5[nH]c6c(c5C)C(=O)N(OCCC)C(=O)C=63)[C@@H](CC)[C@@H]4C)[C@@H]2C)[C@@H]1C. The minimum Gasteiger partial charge on any atom is -0.355 e. The average Bonchev–Trinajstić information content (AvgIpc) is 1.57. The highest BCUT2D eigenvalue weighted by Gasteiger charge is 2.47. The maximum absolute atomic E-state index is 15.1. The van der Waals surface area contributed by atoms with Gasteiger partial charge >= 0.3 is 0 Å². The molecular weight excluding hydrogens is 1410 g/mol. The first-order chi connectivity index (χ1) is 52.0. The lowest BCUT2D eigenvalue weighted by Crippen LogP contribution is -2.48. The van der Waals surface area contributed by atoms with Crippen molar-refractivity contribution in [2.24, 2.45) is 77.3 Å². The van der Waals surface area contributed by atoms with E-state index in [1.54, 1.807) is 21.6 Å². The van der Waals surface area contributed by atoms with E-state index >= 15 is 9.59 Å². The molecule has 24 nitrogen and oxygen atoms in total. The van der Waals surface area contributed by atoms with Crippen molar-refractivity contribution in [3.8, 4) is 0 Å². The molecule has 2 aromatic rings. The molecule has 6 N–H and O–H groups in total. The Morgan fingerprint density at radius 2 is 0.852 bits per heavy atom. The van der Waals surface area contributed by atoms with E-state index in [1.165, 1.54) is 0 Å². The number of nitrogens with zero attached hydrogens (tertiary/aromatic N) is 8. The number of allylic oxidation sites excluding steroid dienone is 14. The van der Waals surface area contributed by atoms with Gasteiger partial charge < -0.3 is 20.6 Å². The monoisotopic (exact) mass is 1510 g/mol. The molecule has 574 valence electrons. The van der Waals surface area contributed by atoms with Crippen LogP contribution in [0.5, 0.6) is 0 Å². The Bertz CT molecular complexity index is 4530. The van der Waals surface area contributed by atoms with Gasteiger partial charge in [-0.25, -0.2) is 9.98 Å². The van der Waals surface area contributed by atoms with E-state index in [4.69, 9.17) is 49.3 Å². The lowest BCUT2D eigenvalue weighted by Gasteiger charge is -2.27. The van der Waals surface area contributed by atoms with Crippen LogP contribution in [0.1, 0.15) is 193 Å². The van der Waals surface area contributed by atoms with Crippen molar-refractivity contribution in [3.63, 3.8) is 0 Å². The number of H-pyrrole nitrogens is 2. The molecule has 6 amide bonds. The molecule has 12 heterocycles. The lowest BCUT2D eigenvalue weighted by molar-refractivity contribution is -0.164. The second-order valence-electron chi connectivity index (χ2n) is 29.4. The van der Waals surface area contributed by atoms with Gasteiger partial charge in [0.25, 0.3) is 23.6 Å². The molecule has 108 heavy (non-hydrogen) atoms. The molecule has 10 aliphatic heterocycles. The maximum atomic E-state index is 15.1. The number of hydroxylamine groups is 6. The number of carbonyl (C=O) groups is 6. The molecule has 2 aromatic heterocycles. The number of aromatic nitrogens is 2. The maximum Gasteiger partial charge on any atom is 0.289 e. The van der Waals surface area contributed by atoms with Crippen molar-refractivity contribution in [1.82, 2.24) is 41.7 Å². The Morgan fingerprint density at radius 3 is 1.22 bits per heavy atom. The molecular formula is C82H104N14O10S2. The third-order valence-corrected chi connectivity index (χ3v) is 24.6. The summed E-state index contributed by atoms with van der Waals surface area (Å²) in [5, 5.41) is 10.1. The number of amides is 6. The smallest absolute Gasteiger partial charge is 0.289 e. The lowest BCUT2D eigenvalue weighted by atomic mass is 9.82. The molecule has 16 bridgehead atoms. The van der Waals surface area contributed by atoms with Crippen LogP contribution < -0.4 is 43.0 Å². The summed E-state index contributed by atoms with van der Waals surface area (Å²) in [6, 6.07) is 0. The van der Waals surface area contributed by atoms with Crippen molar-refractivity contribution in [3.05, 3.63) is 136 Å². The summed E-state index contributed by atoms with van der Waals surface area (Å²) in [4.78, 5) is 150. The number of hydrogen-bond donors (Lipinski definition) is 6. The predicted molar refractivity (Wildman–Crippen MR) is 427 cm³/mol. The summed E-state index contributed by atoms with van der Waals surface area (Å²) in [5.41, 5.74) is 22.6. The number of aliphatic imine (C=N–C) groups is 6. The highest BCUT2D eigenvalue weighted by Crippen LogP contribution is 2.44. The van der Waals surface area contributed by atoms with Crippen LogP contribution in [0.3, 0.4) is 0 Å². The molecule has 0 spiro atoms. The van der Waals surface area contributed by atoms with Crippen LogP contribution in [0, 0.1) is 61.2 Å². The van der Waals surface area contributed by atoms with E-state index < -0.39 is 35.5 Å². The highest BCUT2D eigenvalue weighted by atomic mass is 33.1. The molecule has 10 aliphatic rings. The molecule has 0 saturated carbocycles. The fourth-order valence-corrected chi connectivity index (χ4v) is 18.0. The number of imide groups is 2. The normalized spacial score (nSPS) is 24.4. The Morgan fingerprint density at radius 1 is 0.481 bits per heavy atom. The zero-order chi connectivity index (χ0) is 77.1. The number of hydrogen-bond acceptors (Lipinski definition) is 20. The fourth-order valence-electron chi connectivity index (χ4n) is 16.2. The van der Waals surface area contributed by atoms with Crippen molar-refractivity contribution in [2.45, 2.75) is 175 Å². The van der Waals surface area contributed by atoms with Crippen LogP contribution in [-0.2, 0) is 38.5 Å². The van der Waals surface area contributed by atoms with Gasteiger partial charge in [-0.3, -0.25) is 79.0 Å². The highest BCUT2D eigenvalue weighted by molar-refractivity contribution is 8.76. The summed E-state index contributed by atoms with van der Waals surface area (Å²) in [6.45, 7) is 34.6. The number of nitrogens with one attached hydrogen (secondary N) is 6. The van der Waals surface area contributed by atoms with E-state index in [0.29, 0.717) is 141 Å². The van der Waals surface area contributed by atoms with E-state index in [9.17, 15) is 19.2 Å². The van der Waals surface area contributed by atoms with Gasteiger partial charge in [-0.1, -0.05) is 90.8 Å².